The quantitative estimate of drug-likeness (QED) is 0.769. The lowest BCUT2D eigenvalue weighted by molar-refractivity contribution is 0.0928. The molecule has 0 radical (unpaired) electrons. The molecule has 3 aromatic rings. The third kappa shape index (κ3) is 3.88. The number of nitrogens with zero attached hydrogens (tertiary/aromatic N) is 2. The number of para-hydroxylation sites is 1. The molecule has 1 N–H and O–H groups in total. The van der Waals surface area contributed by atoms with Gasteiger partial charge in [-0.25, -0.2) is 0 Å². The Bertz CT molecular complexity index is 947. The SMILES string of the molecule is CCC(NC(=O)c1ccc(=O)n(-c2ccccc2)n1)c1ccc(C)cc1. The average molecular weight is 347 g/mol. The van der Waals surface area contributed by atoms with E-state index in [9.17, 15) is 9.59 Å². The lowest BCUT2D eigenvalue weighted by Gasteiger charge is -2.17. The van der Waals surface area contributed by atoms with Gasteiger partial charge < -0.3 is 5.32 Å². The summed E-state index contributed by atoms with van der Waals surface area (Å²) in [7, 11) is 0. The van der Waals surface area contributed by atoms with E-state index in [1.165, 1.54) is 22.4 Å². The van der Waals surface area contributed by atoms with Gasteiger partial charge in [0.05, 0.1) is 11.7 Å². The molecular formula is C21H21N3O2. The van der Waals surface area contributed by atoms with E-state index in [0.29, 0.717) is 5.69 Å². The molecule has 0 aliphatic rings. The summed E-state index contributed by atoms with van der Waals surface area (Å²) in [6, 6.07) is 19.8. The van der Waals surface area contributed by atoms with E-state index < -0.39 is 0 Å². The van der Waals surface area contributed by atoms with Gasteiger partial charge in [0.2, 0.25) is 0 Å². The molecule has 132 valence electrons. The number of aryl methyl sites for hydroxylation is 1. The van der Waals surface area contributed by atoms with Crippen LogP contribution in [-0.2, 0) is 0 Å². The van der Waals surface area contributed by atoms with E-state index in [1.807, 2.05) is 56.3 Å². The van der Waals surface area contributed by atoms with Crippen LogP contribution in [0.4, 0.5) is 0 Å². The Kier molecular flexibility index (Phi) is 5.27. The van der Waals surface area contributed by atoms with Crippen molar-refractivity contribution in [1.82, 2.24) is 15.1 Å². The minimum Gasteiger partial charge on any atom is -0.344 e. The average Bonchev–Trinajstić information content (AvgIpc) is 2.68. The summed E-state index contributed by atoms with van der Waals surface area (Å²) in [5, 5.41) is 7.23. The van der Waals surface area contributed by atoms with E-state index in [2.05, 4.69) is 10.4 Å². The first-order valence-corrected chi connectivity index (χ1v) is 8.61. The number of benzene rings is 2. The number of aromatic nitrogens is 2. The summed E-state index contributed by atoms with van der Waals surface area (Å²) in [6.45, 7) is 4.04. The second kappa shape index (κ2) is 7.78. The van der Waals surface area contributed by atoms with Gasteiger partial charge in [-0.1, -0.05) is 55.0 Å². The fourth-order valence-corrected chi connectivity index (χ4v) is 2.74. The first-order chi connectivity index (χ1) is 12.6. The maximum absolute atomic E-state index is 12.7. The standard InChI is InChI=1S/C21H21N3O2/c1-3-18(16-11-9-15(2)10-12-16)22-21(26)19-13-14-20(25)24(23-19)17-7-5-4-6-8-17/h4-14,18H,3H2,1-2H3,(H,22,26). The van der Waals surface area contributed by atoms with Gasteiger partial charge in [-0.15, -0.1) is 0 Å². The maximum atomic E-state index is 12.7. The summed E-state index contributed by atoms with van der Waals surface area (Å²) < 4.78 is 1.24. The van der Waals surface area contributed by atoms with Crippen LogP contribution in [0.2, 0.25) is 0 Å². The second-order valence-corrected chi connectivity index (χ2v) is 6.15. The lowest BCUT2D eigenvalue weighted by atomic mass is 10.0. The monoisotopic (exact) mass is 347 g/mol. The number of rotatable bonds is 5. The van der Waals surface area contributed by atoms with Crippen LogP contribution in [0.1, 0.15) is 41.0 Å². The second-order valence-electron chi connectivity index (χ2n) is 6.15. The summed E-state index contributed by atoms with van der Waals surface area (Å²) in [6.07, 6.45) is 0.757. The van der Waals surface area contributed by atoms with E-state index in [-0.39, 0.29) is 23.2 Å². The normalized spacial score (nSPS) is 11.8. The molecule has 0 aliphatic heterocycles. The number of nitrogens with one attached hydrogen (secondary N) is 1. The maximum Gasteiger partial charge on any atom is 0.272 e. The minimum atomic E-state index is -0.304. The third-order valence-corrected chi connectivity index (χ3v) is 4.23. The van der Waals surface area contributed by atoms with Crippen LogP contribution in [0.3, 0.4) is 0 Å². The van der Waals surface area contributed by atoms with Gasteiger partial charge in [-0.2, -0.15) is 9.78 Å². The van der Waals surface area contributed by atoms with Crippen molar-refractivity contribution < 1.29 is 4.79 Å². The van der Waals surface area contributed by atoms with Crippen molar-refractivity contribution in [3.05, 3.63) is 93.9 Å². The van der Waals surface area contributed by atoms with Crippen molar-refractivity contribution >= 4 is 5.91 Å². The molecule has 1 unspecified atom stereocenters. The van der Waals surface area contributed by atoms with Crippen LogP contribution < -0.4 is 10.9 Å². The largest absolute Gasteiger partial charge is 0.344 e. The number of carbonyl (C=O) groups is 1. The summed E-state index contributed by atoms with van der Waals surface area (Å²) in [5.41, 5.74) is 2.77. The van der Waals surface area contributed by atoms with Crippen molar-refractivity contribution in [3.63, 3.8) is 0 Å². The molecule has 5 nitrogen and oxygen atoms in total. The van der Waals surface area contributed by atoms with Crippen LogP contribution in [-0.4, -0.2) is 15.7 Å². The molecule has 0 saturated carbocycles. The van der Waals surface area contributed by atoms with E-state index >= 15 is 0 Å². The van der Waals surface area contributed by atoms with Crippen LogP contribution >= 0.6 is 0 Å². The lowest BCUT2D eigenvalue weighted by Crippen LogP contribution is -2.31. The van der Waals surface area contributed by atoms with Crippen molar-refractivity contribution in [2.45, 2.75) is 26.3 Å². The highest BCUT2D eigenvalue weighted by Crippen LogP contribution is 2.17. The van der Waals surface area contributed by atoms with Crippen molar-refractivity contribution in [1.29, 1.82) is 0 Å². The van der Waals surface area contributed by atoms with Gasteiger partial charge in [0.15, 0.2) is 0 Å². The van der Waals surface area contributed by atoms with Crippen LogP contribution in [0.5, 0.6) is 0 Å². The molecule has 1 atom stereocenters. The number of carbonyl (C=O) groups excluding carboxylic acids is 1. The van der Waals surface area contributed by atoms with Crippen molar-refractivity contribution in [3.8, 4) is 5.69 Å². The smallest absolute Gasteiger partial charge is 0.272 e. The van der Waals surface area contributed by atoms with Gasteiger partial charge in [0.25, 0.3) is 11.5 Å². The van der Waals surface area contributed by atoms with E-state index in [4.69, 9.17) is 0 Å². The Morgan fingerprint density at radius 2 is 1.73 bits per heavy atom. The molecule has 1 heterocycles. The Hall–Kier alpha value is -3.21. The predicted molar refractivity (Wildman–Crippen MR) is 102 cm³/mol. The Labute approximate surface area is 152 Å². The number of hydrogen-bond acceptors (Lipinski definition) is 3. The molecule has 0 aliphatic carbocycles. The molecule has 0 saturated heterocycles. The molecule has 0 fully saturated rings. The van der Waals surface area contributed by atoms with E-state index in [0.717, 1.165) is 12.0 Å². The highest BCUT2D eigenvalue weighted by atomic mass is 16.2. The first kappa shape index (κ1) is 17.6. The highest BCUT2D eigenvalue weighted by molar-refractivity contribution is 5.92. The van der Waals surface area contributed by atoms with Crippen LogP contribution in [0.15, 0.2) is 71.5 Å². The zero-order valence-corrected chi connectivity index (χ0v) is 14.8. The molecule has 1 amide bonds. The third-order valence-electron chi connectivity index (χ3n) is 4.23. The minimum absolute atomic E-state index is 0.109. The molecular weight excluding hydrogens is 326 g/mol. The van der Waals surface area contributed by atoms with Gasteiger partial charge in [-0.3, -0.25) is 9.59 Å². The van der Waals surface area contributed by atoms with Crippen LogP contribution in [0, 0.1) is 6.92 Å². The molecule has 2 aromatic carbocycles. The van der Waals surface area contributed by atoms with Gasteiger partial charge >= 0.3 is 0 Å². The van der Waals surface area contributed by atoms with Crippen LogP contribution in [0.25, 0.3) is 5.69 Å². The Balaban J connectivity index is 1.85. The molecule has 3 rings (SSSR count). The van der Waals surface area contributed by atoms with Crippen molar-refractivity contribution in [2.24, 2.45) is 0 Å². The summed E-state index contributed by atoms with van der Waals surface area (Å²) in [5.74, 6) is -0.304. The number of amides is 1. The first-order valence-electron chi connectivity index (χ1n) is 8.61. The topological polar surface area (TPSA) is 64.0 Å². The molecule has 0 bridgehead atoms. The Morgan fingerprint density at radius 3 is 2.38 bits per heavy atom. The summed E-state index contributed by atoms with van der Waals surface area (Å²) >= 11 is 0. The number of hydrogen-bond donors (Lipinski definition) is 1. The van der Waals surface area contributed by atoms with Gasteiger partial charge in [0, 0.05) is 6.07 Å². The fourth-order valence-electron chi connectivity index (χ4n) is 2.74. The predicted octanol–water partition coefficient (Wildman–Crippen LogP) is 3.42. The molecule has 0 spiro atoms. The van der Waals surface area contributed by atoms with Gasteiger partial charge in [-0.05, 0) is 37.1 Å². The molecule has 26 heavy (non-hydrogen) atoms. The zero-order valence-electron chi connectivity index (χ0n) is 14.8. The Morgan fingerprint density at radius 1 is 1.04 bits per heavy atom. The van der Waals surface area contributed by atoms with Crippen molar-refractivity contribution in [2.75, 3.05) is 0 Å². The highest BCUT2D eigenvalue weighted by Gasteiger charge is 2.16. The fraction of sp³-hybridized carbons (Fsp3) is 0.190. The zero-order chi connectivity index (χ0) is 18.5. The summed E-state index contributed by atoms with van der Waals surface area (Å²) in [4.78, 5) is 24.8. The van der Waals surface area contributed by atoms with E-state index in [1.54, 1.807) is 12.1 Å². The van der Waals surface area contributed by atoms with Gasteiger partial charge in [0.1, 0.15) is 5.69 Å². The molecule has 1 aromatic heterocycles. The molecule has 5 heteroatoms.